The maximum Gasteiger partial charge on any atom is 0.306 e. The maximum atomic E-state index is 11.8. The molecule has 1 atom stereocenters. The average molecular weight is 296 g/mol. The molecule has 0 spiro atoms. The SMILES string of the molecule is CC(C)C(=O)c1c(O)cc(OCCC(C)C(=O)O)cc1O. The van der Waals surface area contributed by atoms with Crippen LogP contribution < -0.4 is 4.74 Å². The van der Waals surface area contributed by atoms with Crippen LogP contribution in [0.5, 0.6) is 17.2 Å². The topological polar surface area (TPSA) is 104 Å². The van der Waals surface area contributed by atoms with Crippen LogP contribution in [0.1, 0.15) is 37.6 Å². The van der Waals surface area contributed by atoms with Crippen LogP contribution in [0, 0.1) is 11.8 Å². The van der Waals surface area contributed by atoms with Crippen molar-refractivity contribution >= 4 is 11.8 Å². The van der Waals surface area contributed by atoms with Crippen molar-refractivity contribution in [2.45, 2.75) is 27.2 Å². The molecule has 0 heterocycles. The van der Waals surface area contributed by atoms with E-state index < -0.39 is 11.9 Å². The number of phenols is 2. The van der Waals surface area contributed by atoms with E-state index in [0.29, 0.717) is 6.42 Å². The molecule has 1 aromatic carbocycles. The lowest BCUT2D eigenvalue weighted by atomic mass is 9.99. The maximum absolute atomic E-state index is 11.8. The number of carboxylic acids is 1. The van der Waals surface area contributed by atoms with E-state index in [2.05, 4.69) is 0 Å². The van der Waals surface area contributed by atoms with Crippen LogP contribution in [0.2, 0.25) is 0 Å². The van der Waals surface area contributed by atoms with Gasteiger partial charge in [0.2, 0.25) is 0 Å². The lowest BCUT2D eigenvalue weighted by molar-refractivity contribution is -0.141. The first-order valence-corrected chi connectivity index (χ1v) is 6.69. The number of hydrogen-bond donors (Lipinski definition) is 3. The molecule has 0 bridgehead atoms. The van der Waals surface area contributed by atoms with Gasteiger partial charge in [-0.3, -0.25) is 9.59 Å². The number of ether oxygens (including phenoxy) is 1. The predicted molar refractivity (Wildman–Crippen MR) is 75.9 cm³/mol. The number of aromatic hydroxyl groups is 2. The van der Waals surface area contributed by atoms with Crippen molar-refractivity contribution in [1.82, 2.24) is 0 Å². The number of rotatable bonds is 7. The first kappa shape index (κ1) is 16.8. The molecule has 0 aromatic heterocycles. The van der Waals surface area contributed by atoms with E-state index in [0.717, 1.165) is 0 Å². The van der Waals surface area contributed by atoms with Crippen LogP contribution in [0.4, 0.5) is 0 Å². The van der Waals surface area contributed by atoms with Gasteiger partial charge >= 0.3 is 5.97 Å². The number of hydrogen-bond acceptors (Lipinski definition) is 5. The van der Waals surface area contributed by atoms with E-state index in [1.165, 1.54) is 12.1 Å². The third-order valence-corrected chi connectivity index (χ3v) is 3.08. The molecular formula is C15H20O6. The summed E-state index contributed by atoms with van der Waals surface area (Å²) in [5.41, 5.74) is -0.128. The van der Waals surface area contributed by atoms with Gasteiger partial charge in [0.15, 0.2) is 5.78 Å². The second-order valence-corrected chi connectivity index (χ2v) is 5.23. The highest BCUT2D eigenvalue weighted by molar-refractivity contribution is 6.02. The number of ketones is 1. The lowest BCUT2D eigenvalue weighted by Crippen LogP contribution is -2.13. The standard InChI is InChI=1S/C15H20O6/c1-8(2)14(18)13-11(16)6-10(7-12(13)17)21-5-4-9(3)15(19)20/h6-9,16-17H,4-5H2,1-3H3,(H,19,20). The number of Topliss-reactive ketones (excluding diaryl/α,β-unsaturated/α-hetero) is 1. The third kappa shape index (κ3) is 4.37. The van der Waals surface area contributed by atoms with Gasteiger partial charge in [0, 0.05) is 18.1 Å². The summed E-state index contributed by atoms with van der Waals surface area (Å²) in [6.07, 6.45) is 0.295. The zero-order chi connectivity index (χ0) is 16.2. The van der Waals surface area contributed by atoms with Crippen molar-refractivity contribution in [3.05, 3.63) is 17.7 Å². The van der Waals surface area contributed by atoms with Crippen molar-refractivity contribution in [2.24, 2.45) is 11.8 Å². The van der Waals surface area contributed by atoms with E-state index in [4.69, 9.17) is 9.84 Å². The van der Waals surface area contributed by atoms with E-state index in [1.807, 2.05) is 0 Å². The van der Waals surface area contributed by atoms with Gasteiger partial charge < -0.3 is 20.1 Å². The molecule has 21 heavy (non-hydrogen) atoms. The molecule has 1 aromatic rings. The van der Waals surface area contributed by atoms with E-state index >= 15 is 0 Å². The van der Waals surface area contributed by atoms with Crippen LogP contribution >= 0.6 is 0 Å². The van der Waals surface area contributed by atoms with E-state index in [-0.39, 0.29) is 41.1 Å². The molecule has 0 fully saturated rings. The molecule has 0 aliphatic carbocycles. The summed E-state index contributed by atoms with van der Waals surface area (Å²) in [7, 11) is 0. The Morgan fingerprint density at radius 3 is 2.10 bits per heavy atom. The fourth-order valence-corrected chi connectivity index (χ4v) is 1.69. The molecule has 6 heteroatoms. The molecule has 0 radical (unpaired) electrons. The van der Waals surface area contributed by atoms with Crippen molar-refractivity contribution in [3.63, 3.8) is 0 Å². The van der Waals surface area contributed by atoms with Gasteiger partial charge in [-0.25, -0.2) is 0 Å². The van der Waals surface area contributed by atoms with Crippen LogP contribution in [-0.2, 0) is 4.79 Å². The van der Waals surface area contributed by atoms with Gasteiger partial charge in [-0.05, 0) is 6.42 Å². The molecule has 116 valence electrons. The normalized spacial score (nSPS) is 12.2. The van der Waals surface area contributed by atoms with Gasteiger partial charge in [0.05, 0.1) is 12.5 Å². The van der Waals surface area contributed by atoms with Gasteiger partial charge in [0.25, 0.3) is 0 Å². The first-order valence-electron chi connectivity index (χ1n) is 6.69. The third-order valence-electron chi connectivity index (χ3n) is 3.08. The number of carbonyl (C=O) groups is 2. The van der Waals surface area contributed by atoms with Crippen molar-refractivity contribution in [2.75, 3.05) is 6.61 Å². The largest absolute Gasteiger partial charge is 0.507 e. The molecule has 0 amide bonds. The Kier molecular flexibility index (Phi) is 5.58. The van der Waals surface area contributed by atoms with Crippen LogP contribution in [0.15, 0.2) is 12.1 Å². The van der Waals surface area contributed by atoms with Crippen molar-refractivity contribution < 1.29 is 29.6 Å². The summed E-state index contributed by atoms with van der Waals surface area (Å²) < 4.78 is 5.29. The van der Waals surface area contributed by atoms with Gasteiger partial charge in [0.1, 0.15) is 22.8 Å². The smallest absolute Gasteiger partial charge is 0.306 e. The Morgan fingerprint density at radius 1 is 1.14 bits per heavy atom. The number of aliphatic carboxylic acids is 1. The van der Waals surface area contributed by atoms with Gasteiger partial charge in [-0.15, -0.1) is 0 Å². The minimum atomic E-state index is -0.915. The fourth-order valence-electron chi connectivity index (χ4n) is 1.69. The Morgan fingerprint density at radius 2 is 1.67 bits per heavy atom. The molecule has 0 saturated heterocycles. The minimum Gasteiger partial charge on any atom is -0.507 e. The zero-order valence-electron chi connectivity index (χ0n) is 12.3. The Labute approximate surface area is 123 Å². The highest BCUT2D eigenvalue weighted by atomic mass is 16.5. The second-order valence-electron chi connectivity index (χ2n) is 5.23. The summed E-state index contributed by atoms with van der Waals surface area (Å²) in [5, 5.41) is 28.4. The van der Waals surface area contributed by atoms with Crippen molar-refractivity contribution in [3.8, 4) is 17.2 Å². The number of benzene rings is 1. The molecular weight excluding hydrogens is 276 g/mol. The number of carboxylic acid groups (broad SMARTS) is 1. The highest BCUT2D eigenvalue weighted by Gasteiger charge is 2.20. The fraction of sp³-hybridized carbons (Fsp3) is 0.467. The van der Waals surface area contributed by atoms with Gasteiger partial charge in [-0.1, -0.05) is 20.8 Å². The number of phenolic OH excluding ortho intramolecular Hbond substituents is 2. The highest BCUT2D eigenvalue weighted by Crippen LogP contribution is 2.34. The molecule has 0 saturated carbocycles. The number of carbonyl (C=O) groups excluding carboxylic acids is 1. The molecule has 1 unspecified atom stereocenters. The molecule has 6 nitrogen and oxygen atoms in total. The molecule has 0 aliphatic rings. The molecule has 1 rings (SSSR count). The van der Waals surface area contributed by atoms with Crippen molar-refractivity contribution in [1.29, 1.82) is 0 Å². The van der Waals surface area contributed by atoms with E-state index in [1.54, 1.807) is 20.8 Å². The first-order chi connectivity index (χ1) is 9.73. The Balaban J connectivity index is 2.80. The Hall–Kier alpha value is -2.24. The average Bonchev–Trinajstić information content (AvgIpc) is 2.37. The van der Waals surface area contributed by atoms with Crippen LogP contribution in [0.25, 0.3) is 0 Å². The summed E-state index contributed by atoms with van der Waals surface area (Å²) in [4.78, 5) is 22.5. The van der Waals surface area contributed by atoms with Gasteiger partial charge in [-0.2, -0.15) is 0 Å². The second kappa shape index (κ2) is 6.97. The molecule has 0 aliphatic heterocycles. The molecule has 3 N–H and O–H groups in total. The minimum absolute atomic E-state index is 0.128. The quantitative estimate of drug-likeness (QED) is 0.667. The summed E-state index contributed by atoms with van der Waals surface area (Å²) >= 11 is 0. The predicted octanol–water partition coefficient (Wildman–Crippen LogP) is 2.43. The lowest BCUT2D eigenvalue weighted by Gasteiger charge is -2.13. The monoisotopic (exact) mass is 296 g/mol. The summed E-state index contributed by atoms with van der Waals surface area (Å²) in [5.74, 6) is -2.70. The van der Waals surface area contributed by atoms with Crippen LogP contribution in [0.3, 0.4) is 0 Å². The Bertz CT molecular complexity index is 512. The summed E-state index contributed by atoms with van der Waals surface area (Å²) in [6.45, 7) is 5.02. The zero-order valence-corrected chi connectivity index (χ0v) is 12.3. The summed E-state index contributed by atoms with van der Waals surface area (Å²) in [6, 6.07) is 2.47. The van der Waals surface area contributed by atoms with Crippen LogP contribution in [-0.4, -0.2) is 33.7 Å². The van der Waals surface area contributed by atoms with E-state index in [9.17, 15) is 19.8 Å².